The van der Waals surface area contributed by atoms with Crippen LogP contribution < -0.4 is 5.32 Å². The van der Waals surface area contributed by atoms with Crippen molar-refractivity contribution >= 4 is 0 Å². The van der Waals surface area contributed by atoms with Gasteiger partial charge in [-0.15, -0.1) is 0 Å². The Bertz CT molecular complexity index is 43.0. The summed E-state index contributed by atoms with van der Waals surface area (Å²) in [6, 6.07) is 0.213. The van der Waals surface area contributed by atoms with E-state index in [1.807, 2.05) is 0 Å². The number of hydrogen-bond donors (Lipinski definition) is 1. The zero-order valence-electron chi connectivity index (χ0n) is 11.7. The number of rotatable bonds is 2. The van der Waals surface area contributed by atoms with Crippen LogP contribution in [0.1, 0.15) is 6.42 Å². The van der Waals surface area contributed by atoms with Crippen LogP contribution in [-0.2, 0) is 400 Å². The monoisotopic (exact) mass is 3580 g/mol. The standard InChI is InChI=1S/C5H10N.19W/c1-4-5(2)6-3;;;;;;;;;;;;;;;;;;;/h5-6H,1-4H2;;;;;;;;;;;;;;;;;;;/q-3;;;;;;;;;;;;;;;;;;;+2. The molecule has 0 bridgehead atoms. The van der Waals surface area contributed by atoms with E-state index >= 15 is 0 Å². The third kappa shape index (κ3) is 157. The Hall–Kier alpha value is 13.0. The molecule has 0 saturated heterocycles. The van der Waals surface area contributed by atoms with E-state index < -0.39 is 0 Å². The Morgan fingerprint density at radius 3 is 0.600 bits per heavy atom. The minimum atomic E-state index is 0. The fourth-order valence-corrected chi connectivity index (χ4v) is 0.102. The molecule has 1 nitrogen and oxygen atoms in total. The smallest absolute Gasteiger partial charge is 0.497 e. The van der Waals surface area contributed by atoms with E-state index in [0.29, 0.717) is 0 Å². The third-order valence-electron chi connectivity index (χ3n) is 0.637. The third-order valence-corrected chi connectivity index (χ3v) is 0.637. The van der Waals surface area contributed by atoms with Crippen molar-refractivity contribution in [2.45, 2.75) is 12.5 Å². The van der Waals surface area contributed by atoms with Crippen molar-refractivity contribution in [2.24, 2.45) is 0 Å². The first-order valence-electron chi connectivity index (χ1n) is 1.96. The fraction of sp³-hybridized carbons (Fsp3) is 0.400. The van der Waals surface area contributed by atoms with Gasteiger partial charge in [-0.2, -0.15) is 12.5 Å². The van der Waals surface area contributed by atoms with Crippen LogP contribution >= 0.6 is 0 Å². The van der Waals surface area contributed by atoms with Crippen LogP contribution in [0.25, 0.3) is 0 Å². The molecule has 0 aliphatic carbocycles. The van der Waals surface area contributed by atoms with Crippen molar-refractivity contribution in [3.63, 3.8) is 0 Å². The molecule has 0 spiro atoms. The van der Waals surface area contributed by atoms with E-state index in [9.17, 15) is 0 Å². The zero-order valence-corrected chi connectivity index (χ0v) is 67.4. The van der Waals surface area contributed by atoms with Crippen molar-refractivity contribution in [2.75, 3.05) is 0 Å². The van der Waals surface area contributed by atoms with Crippen molar-refractivity contribution in [3.8, 4) is 0 Å². The van der Waals surface area contributed by atoms with E-state index in [0.717, 1.165) is 6.42 Å². The summed E-state index contributed by atoms with van der Waals surface area (Å²) < 4.78 is 0. The maximum absolute atomic E-state index is 3.64. The van der Waals surface area contributed by atoms with Gasteiger partial charge in [-0.1, -0.05) is 0 Å². The molecule has 150 valence electrons. The molecule has 0 aliphatic heterocycles. The van der Waals surface area contributed by atoms with Gasteiger partial charge in [0.25, 0.3) is 0 Å². The van der Waals surface area contributed by atoms with Gasteiger partial charge in [-0.05, 0) is 0 Å². The van der Waals surface area contributed by atoms with Gasteiger partial charge in [0.05, 0.1) is 0 Å². The predicted octanol–water partition coefficient (Wildman–Crippen LogP) is 0.747. The van der Waals surface area contributed by atoms with Gasteiger partial charge in [-0.25, -0.2) is 0 Å². The van der Waals surface area contributed by atoms with Gasteiger partial charge in [-0.3, -0.25) is 7.05 Å². The molecule has 1 N–H and O–H groups in total. The second-order valence-electron chi connectivity index (χ2n) is 1.19. The van der Waals surface area contributed by atoms with Crippen molar-refractivity contribution in [1.82, 2.24) is 5.32 Å². The summed E-state index contributed by atoms with van der Waals surface area (Å²) in [6.45, 7) is 7.23. The van der Waals surface area contributed by atoms with Crippen LogP contribution in [0.5, 0.6) is 0 Å². The Morgan fingerprint density at radius 1 is 0.480 bits per heavy atom. The molecule has 0 radical (unpaired) electrons. The van der Waals surface area contributed by atoms with Gasteiger partial charge >= 0.3 is 21.1 Å². The minimum absolute atomic E-state index is 0. The second-order valence-corrected chi connectivity index (χ2v) is 1.19. The minimum Gasteiger partial charge on any atom is -0.497 e. The van der Waals surface area contributed by atoms with Gasteiger partial charge in [0.15, 0.2) is 0 Å². The first-order valence-corrected chi connectivity index (χ1v) is 1.96. The molecule has 0 aromatic heterocycles. The summed E-state index contributed by atoms with van der Waals surface area (Å²) in [6.07, 6.45) is 0.795. The summed E-state index contributed by atoms with van der Waals surface area (Å²) in [4.78, 5) is 0. The number of nitrogens with one attached hydrogen (secondary N) is 1. The molecule has 0 fully saturated rings. The maximum atomic E-state index is 3.64. The van der Waals surface area contributed by atoms with Crippen molar-refractivity contribution in [3.05, 3.63) is 20.9 Å². The Kier molecular flexibility index (Phi) is 948. The molecule has 20 heteroatoms. The normalized spacial score (nSPS) is 3.48. The molecular weight excluding hydrogens is 3570 g/mol. The van der Waals surface area contributed by atoms with E-state index in [-0.39, 0.29) is 406 Å². The molecule has 0 aromatic rings. The zero-order chi connectivity index (χ0) is 4.99. The van der Waals surface area contributed by atoms with Crippen LogP contribution in [0, 0.1) is 20.9 Å². The van der Waals surface area contributed by atoms with E-state index in [2.05, 4.69) is 26.2 Å². The summed E-state index contributed by atoms with van der Waals surface area (Å²) >= 11 is 0. The van der Waals surface area contributed by atoms with E-state index in [4.69, 9.17) is 0 Å². The van der Waals surface area contributed by atoms with Crippen LogP contribution in [0.4, 0.5) is 0 Å². The molecule has 1 unspecified atom stereocenters. The molecule has 25 heavy (non-hydrogen) atoms. The van der Waals surface area contributed by atoms with E-state index in [1.54, 1.807) is 0 Å². The Balaban J connectivity index is -0.000000000731. The quantitative estimate of drug-likeness (QED) is 0.404. The topological polar surface area (TPSA) is 12.0 Å². The van der Waals surface area contributed by atoms with Crippen molar-refractivity contribution < 1.29 is 400 Å². The summed E-state index contributed by atoms with van der Waals surface area (Å²) in [5, 5.41) is 2.69. The van der Waals surface area contributed by atoms with Gasteiger partial charge < -0.3 is 19.2 Å². The average molecular weight is 3580 g/mol. The first kappa shape index (κ1) is 160. The predicted molar refractivity (Wildman–Crippen MR) is 27.6 cm³/mol. The van der Waals surface area contributed by atoms with Gasteiger partial charge in [0.2, 0.25) is 0 Å². The molecular formula is C5H10NW19-. The first-order chi connectivity index (χ1) is 2.81. The van der Waals surface area contributed by atoms with Crippen LogP contribution in [-0.4, -0.2) is 6.04 Å². The average Bonchev–Trinajstić information content (AvgIpc) is 1.65. The fourth-order valence-electron chi connectivity index (χ4n) is 0.102. The van der Waals surface area contributed by atoms with Crippen molar-refractivity contribution in [1.29, 1.82) is 0 Å². The van der Waals surface area contributed by atoms with Crippen LogP contribution in [0.15, 0.2) is 0 Å². The second kappa shape index (κ2) is 148. The SMILES string of the molecule is [CH2-]CC([CH2-])N[CH2-].[W+2].[W].[W].[W].[W].[W].[W].[W].[W].[W].[W].[W].[W].[W].[W].[W].[W].[W].[W]. The Morgan fingerprint density at radius 2 is 0.600 bits per heavy atom. The van der Waals surface area contributed by atoms with Crippen LogP contribution in [0.2, 0.25) is 0 Å². The van der Waals surface area contributed by atoms with Crippen LogP contribution in [0.3, 0.4) is 0 Å². The molecule has 0 amide bonds. The molecule has 0 rings (SSSR count). The molecule has 0 aliphatic rings. The molecule has 1 atom stereocenters. The summed E-state index contributed by atoms with van der Waals surface area (Å²) in [7, 11) is 3.40. The van der Waals surface area contributed by atoms with Gasteiger partial charge in [0.1, 0.15) is 0 Å². The molecule has 0 heterocycles. The molecule has 0 aromatic carbocycles. The molecule has 0 saturated carbocycles. The maximum Gasteiger partial charge on any atom is 2.00 e. The van der Waals surface area contributed by atoms with Gasteiger partial charge in [0, 0.05) is 379 Å². The summed E-state index contributed by atoms with van der Waals surface area (Å²) in [5.74, 6) is 0. The van der Waals surface area contributed by atoms with E-state index in [1.165, 1.54) is 0 Å². The largest absolute Gasteiger partial charge is 2.00 e. The summed E-state index contributed by atoms with van der Waals surface area (Å²) in [5.41, 5.74) is 0. The Labute approximate surface area is 427 Å². The number of hydrogen-bond acceptors (Lipinski definition) is 1.